The van der Waals surface area contributed by atoms with Crippen molar-refractivity contribution in [3.63, 3.8) is 0 Å². The Balaban J connectivity index is 1.74. The summed E-state index contributed by atoms with van der Waals surface area (Å²) >= 11 is 0. The van der Waals surface area contributed by atoms with E-state index in [1.807, 2.05) is 56.3 Å². The van der Waals surface area contributed by atoms with Gasteiger partial charge in [-0.2, -0.15) is 0 Å². The van der Waals surface area contributed by atoms with Crippen LogP contribution in [-0.2, 0) is 17.4 Å². The van der Waals surface area contributed by atoms with Gasteiger partial charge in [0.15, 0.2) is 0 Å². The maximum Gasteiger partial charge on any atom is 0.333 e. The number of carbonyl (C=O) groups excluding carboxylic acids is 1. The minimum Gasteiger partial charge on any atom is -0.322 e. The number of nitrogens with one attached hydrogen (secondary N) is 1. The Labute approximate surface area is 191 Å². The van der Waals surface area contributed by atoms with E-state index in [1.54, 1.807) is 36.3 Å². The zero-order valence-corrected chi connectivity index (χ0v) is 19.0. The molecule has 0 aliphatic rings. The molecule has 0 saturated carbocycles. The molecular formula is C25H26N6O2. The third-order valence-corrected chi connectivity index (χ3v) is 5.34. The Hall–Kier alpha value is -4.04. The summed E-state index contributed by atoms with van der Waals surface area (Å²) in [5.74, 6) is 0.313. The number of aryl methyl sites for hydroxylation is 1. The van der Waals surface area contributed by atoms with Crippen LogP contribution in [0.2, 0.25) is 0 Å². The molecule has 0 aliphatic carbocycles. The van der Waals surface area contributed by atoms with E-state index in [0.717, 1.165) is 22.4 Å². The molecule has 4 rings (SSSR count). The SMILES string of the molecule is CC(=O)Nc1ccc(-c2ccnc(-c3cn(C)c(=O)n3-c3ccc(C(C)(C)N)cc3)c2)cn1. The van der Waals surface area contributed by atoms with Gasteiger partial charge in [-0.05, 0) is 61.4 Å². The van der Waals surface area contributed by atoms with E-state index < -0.39 is 5.54 Å². The number of anilines is 1. The van der Waals surface area contributed by atoms with Crippen molar-refractivity contribution < 1.29 is 4.79 Å². The average Bonchev–Trinajstić information content (AvgIpc) is 3.08. The first-order chi connectivity index (χ1) is 15.6. The van der Waals surface area contributed by atoms with Crippen LogP contribution < -0.4 is 16.7 Å². The molecule has 0 atom stereocenters. The molecule has 1 aromatic carbocycles. The van der Waals surface area contributed by atoms with Crippen LogP contribution in [0.15, 0.2) is 71.9 Å². The largest absolute Gasteiger partial charge is 0.333 e. The minimum atomic E-state index is -0.470. The summed E-state index contributed by atoms with van der Waals surface area (Å²) in [5, 5.41) is 2.66. The first-order valence-corrected chi connectivity index (χ1v) is 10.5. The topological polar surface area (TPSA) is 108 Å². The number of pyridine rings is 2. The molecule has 33 heavy (non-hydrogen) atoms. The highest BCUT2D eigenvalue weighted by molar-refractivity contribution is 5.87. The van der Waals surface area contributed by atoms with E-state index in [-0.39, 0.29) is 11.6 Å². The van der Waals surface area contributed by atoms with Crippen molar-refractivity contribution in [2.24, 2.45) is 12.8 Å². The van der Waals surface area contributed by atoms with Crippen LogP contribution >= 0.6 is 0 Å². The van der Waals surface area contributed by atoms with Gasteiger partial charge in [-0.3, -0.25) is 14.3 Å². The number of aromatic nitrogens is 4. The smallest absolute Gasteiger partial charge is 0.322 e. The Kier molecular flexibility index (Phi) is 5.69. The number of carbonyl (C=O) groups is 1. The van der Waals surface area contributed by atoms with Crippen molar-refractivity contribution >= 4 is 11.7 Å². The average molecular weight is 443 g/mol. The van der Waals surface area contributed by atoms with E-state index in [1.165, 1.54) is 11.5 Å². The molecule has 3 heterocycles. The molecule has 8 nitrogen and oxygen atoms in total. The quantitative estimate of drug-likeness (QED) is 0.492. The van der Waals surface area contributed by atoms with Crippen LogP contribution in [0.25, 0.3) is 28.2 Å². The van der Waals surface area contributed by atoms with E-state index in [4.69, 9.17) is 5.73 Å². The van der Waals surface area contributed by atoms with Crippen molar-refractivity contribution in [2.45, 2.75) is 26.3 Å². The summed E-state index contributed by atoms with van der Waals surface area (Å²) < 4.78 is 3.17. The first kappa shape index (κ1) is 22.2. The van der Waals surface area contributed by atoms with Crippen molar-refractivity contribution in [3.05, 3.63) is 83.2 Å². The van der Waals surface area contributed by atoms with Crippen molar-refractivity contribution in [2.75, 3.05) is 5.32 Å². The van der Waals surface area contributed by atoms with Crippen LogP contribution in [0, 0.1) is 0 Å². The number of nitrogens with zero attached hydrogens (tertiary/aromatic N) is 4. The number of hydrogen-bond acceptors (Lipinski definition) is 5. The Morgan fingerprint density at radius 1 is 1.03 bits per heavy atom. The molecule has 8 heteroatoms. The predicted molar refractivity (Wildman–Crippen MR) is 129 cm³/mol. The highest BCUT2D eigenvalue weighted by atomic mass is 16.2. The van der Waals surface area contributed by atoms with Crippen LogP contribution in [0.1, 0.15) is 26.3 Å². The third-order valence-electron chi connectivity index (χ3n) is 5.34. The summed E-state index contributed by atoms with van der Waals surface area (Å²) in [5.41, 5.74) is 10.4. The number of hydrogen-bond donors (Lipinski definition) is 2. The zero-order valence-electron chi connectivity index (χ0n) is 19.0. The molecular weight excluding hydrogens is 416 g/mol. The molecule has 0 bridgehead atoms. The maximum atomic E-state index is 13.0. The lowest BCUT2D eigenvalue weighted by Gasteiger charge is -2.19. The van der Waals surface area contributed by atoms with Gasteiger partial charge in [0, 0.05) is 43.7 Å². The highest BCUT2D eigenvalue weighted by Gasteiger charge is 2.17. The molecule has 0 saturated heterocycles. The number of imidazole rings is 1. The summed E-state index contributed by atoms with van der Waals surface area (Å²) in [6.45, 7) is 5.32. The Morgan fingerprint density at radius 2 is 1.76 bits per heavy atom. The summed E-state index contributed by atoms with van der Waals surface area (Å²) in [7, 11) is 1.72. The summed E-state index contributed by atoms with van der Waals surface area (Å²) in [6.07, 6.45) is 5.16. The molecule has 4 aromatic rings. The molecule has 1 amide bonds. The lowest BCUT2D eigenvalue weighted by molar-refractivity contribution is -0.114. The van der Waals surface area contributed by atoms with Gasteiger partial charge >= 0.3 is 5.69 Å². The van der Waals surface area contributed by atoms with Gasteiger partial charge in [0.2, 0.25) is 5.91 Å². The number of amides is 1. The van der Waals surface area contributed by atoms with Crippen molar-refractivity contribution in [1.29, 1.82) is 0 Å². The lowest BCUT2D eigenvalue weighted by atomic mass is 9.95. The fourth-order valence-corrected chi connectivity index (χ4v) is 3.60. The molecule has 3 N–H and O–H groups in total. The molecule has 0 fully saturated rings. The minimum absolute atomic E-state index is 0.168. The van der Waals surface area contributed by atoms with E-state index in [9.17, 15) is 9.59 Å². The molecule has 168 valence electrons. The van der Waals surface area contributed by atoms with Gasteiger partial charge in [0.05, 0.1) is 17.1 Å². The number of nitrogens with two attached hydrogens (primary N) is 1. The molecule has 3 aromatic heterocycles. The zero-order chi connectivity index (χ0) is 23.8. The number of rotatable bonds is 5. The van der Waals surface area contributed by atoms with Gasteiger partial charge in [-0.25, -0.2) is 9.78 Å². The van der Waals surface area contributed by atoms with Gasteiger partial charge < -0.3 is 15.6 Å². The standard InChI is InChI=1S/C25H26N6O2/c1-16(32)29-23-10-5-18(14-28-23)17-11-12-27-21(13-17)22-15-30(4)24(33)31(22)20-8-6-19(7-9-20)25(2,3)26/h5-15H,26H2,1-4H3,(H,28,29,32). The van der Waals surface area contributed by atoms with Crippen LogP contribution in [0.3, 0.4) is 0 Å². The molecule has 0 aliphatic heterocycles. The van der Waals surface area contributed by atoms with Gasteiger partial charge in [-0.15, -0.1) is 0 Å². The second-order valence-corrected chi connectivity index (χ2v) is 8.55. The fraction of sp³-hybridized carbons (Fsp3) is 0.200. The maximum absolute atomic E-state index is 13.0. The normalized spacial score (nSPS) is 11.4. The van der Waals surface area contributed by atoms with Crippen molar-refractivity contribution in [3.8, 4) is 28.2 Å². The van der Waals surface area contributed by atoms with Crippen LogP contribution in [-0.4, -0.2) is 25.0 Å². The Bertz CT molecular complexity index is 1360. The van der Waals surface area contributed by atoms with Crippen molar-refractivity contribution in [1.82, 2.24) is 19.1 Å². The van der Waals surface area contributed by atoms with Gasteiger partial charge in [0.25, 0.3) is 0 Å². The summed E-state index contributed by atoms with van der Waals surface area (Å²) in [6, 6.07) is 15.1. The first-order valence-electron chi connectivity index (χ1n) is 10.5. The van der Waals surface area contributed by atoms with Gasteiger partial charge in [0.1, 0.15) is 5.82 Å². The Morgan fingerprint density at radius 3 is 2.36 bits per heavy atom. The third kappa shape index (κ3) is 4.61. The van der Waals surface area contributed by atoms with E-state index in [0.29, 0.717) is 17.2 Å². The van der Waals surface area contributed by atoms with Gasteiger partial charge in [-0.1, -0.05) is 12.1 Å². The van der Waals surface area contributed by atoms with Crippen LogP contribution in [0.5, 0.6) is 0 Å². The van der Waals surface area contributed by atoms with Crippen LogP contribution in [0.4, 0.5) is 5.82 Å². The molecule has 0 radical (unpaired) electrons. The molecule has 0 unspecified atom stereocenters. The predicted octanol–water partition coefficient (Wildman–Crippen LogP) is 3.45. The second-order valence-electron chi connectivity index (χ2n) is 8.55. The lowest BCUT2D eigenvalue weighted by Crippen LogP contribution is -2.28. The summed E-state index contributed by atoms with van der Waals surface area (Å²) in [4.78, 5) is 33.0. The second kappa shape index (κ2) is 8.48. The monoisotopic (exact) mass is 442 g/mol. The van der Waals surface area contributed by atoms with E-state index in [2.05, 4.69) is 15.3 Å². The highest BCUT2D eigenvalue weighted by Crippen LogP contribution is 2.26. The number of benzene rings is 1. The molecule has 0 spiro atoms. The fourth-order valence-electron chi connectivity index (χ4n) is 3.60. The van der Waals surface area contributed by atoms with E-state index >= 15 is 0 Å².